The summed E-state index contributed by atoms with van der Waals surface area (Å²) < 4.78 is 0. The zero-order valence-electron chi connectivity index (χ0n) is 13.4. The molecule has 1 aliphatic carbocycles. The fourth-order valence-corrected chi connectivity index (χ4v) is 2.99. The molecule has 0 heterocycles. The number of benzene rings is 2. The second-order valence-corrected chi connectivity index (χ2v) is 6.31. The lowest BCUT2D eigenvalue weighted by Crippen LogP contribution is -2.16. The Morgan fingerprint density at radius 2 is 2.00 bits per heavy atom. The van der Waals surface area contributed by atoms with Crippen molar-refractivity contribution in [3.05, 3.63) is 71.4 Å². The third kappa shape index (κ3) is 2.61. The Morgan fingerprint density at radius 1 is 1.23 bits per heavy atom. The first-order valence-corrected chi connectivity index (χ1v) is 7.97. The van der Waals surface area contributed by atoms with Gasteiger partial charge in [0.1, 0.15) is 0 Å². The lowest BCUT2D eigenvalue weighted by molar-refractivity contribution is 0.830. The van der Waals surface area contributed by atoms with Gasteiger partial charge in [0.15, 0.2) is 0 Å². The van der Waals surface area contributed by atoms with Gasteiger partial charge in [0.25, 0.3) is 0 Å². The molecule has 2 nitrogen and oxygen atoms in total. The van der Waals surface area contributed by atoms with E-state index in [0.29, 0.717) is 0 Å². The van der Waals surface area contributed by atoms with Gasteiger partial charge >= 0.3 is 0 Å². The number of allylic oxidation sites excluding steroid dienone is 1. The molecule has 1 saturated carbocycles. The zero-order chi connectivity index (χ0) is 15.7. The highest BCUT2D eigenvalue weighted by atomic mass is 14.9. The molecule has 0 amide bonds. The van der Waals surface area contributed by atoms with Crippen LogP contribution in [0.15, 0.2) is 54.7 Å². The molecule has 0 aliphatic heterocycles. The van der Waals surface area contributed by atoms with Crippen LogP contribution in [0.25, 0.3) is 0 Å². The normalized spacial score (nSPS) is 15.4. The fraction of sp³-hybridized carbons (Fsp3) is 0.300. The number of aryl methyl sites for hydroxylation is 2. The summed E-state index contributed by atoms with van der Waals surface area (Å²) in [7, 11) is 0. The second kappa shape index (κ2) is 5.53. The zero-order valence-corrected chi connectivity index (χ0v) is 13.4. The first-order chi connectivity index (χ1) is 10.5. The molecule has 3 rings (SSSR count). The van der Waals surface area contributed by atoms with Crippen molar-refractivity contribution in [2.45, 2.75) is 38.5 Å². The van der Waals surface area contributed by atoms with Crippen LogP contribution in [-0.4, -0.2) is 0 Å². The van der Waals surface area contributed by atoms with E-state index in [0.717, 1.165) is 41.9 Å². The summed E-state index contributed by atoms with van der Waals surface area (Å²) in [5.41, 5.74) is 12.9. The highest BCUT2D eigenvalue weighted by molar-refractivity contribution is 5.58. The van der Waals surface area contributed by atoms with Crippen LogP contribution in [0.4, 0.5) is 11.4 Å². The van der Waals surface area contributed by atoms with E-state index in [1.807, 2.05) is 6.92 Å². The number of hydrogen-bond donors (Lipinski definition) is 2. The topological polar surface area (TPSA) is 38.0 Å². The Bertz CT molecular complexity index is 711. The Labute approximate surface area is 133 Å². The van der Waals surface area contributed by atoms with E-state index < -0.39 is 0 Å². The van der Waals surface area contributed by atoms with Crippen molar-refractivity contribution in [1.29, 1.82) is 0 Å². The molecule has 22 heavy (non-hydrogen) atoms. The number of hydrogen-bond acceptors (Lipinski definition) is 2. The first-order valence-electron chi connectivity index (χ1n) is 7.97. The maximum atomic E-state index is 6.09. The SMILES string of the molecule is C=C(Nc1cccc(CC)c1)C1(c2ccc(C)c(N)c2)CC1. The van der Waals surface area contributed by atoms with E-state index in [-0.39, 0.29) is 5.41 Å². The molecule has 0 unspecified atom stereocenters. The predicted octanol–water partition coefficient (Wildman–Crippen LogP) is 4.80. The first kappa shape index (κ1) is 14.7. The van der Waals surface area contributed by atoms with Crippen LogP contribution < -0.4 is 11.1 Å². The van der Waals surface area contributed by atoms with E-state index in [4.69, 9.17) is 5.73 Å². The van der Waals surface area contributed by atoms with Crippen molar-refractivity contribution >= 4 is 11.4 Å². The lowest BCUT2D eigenvalue weighted by atomic mass is 9.91. The average Bonchev–Trinajstić information content (AvgIpc) is 3.32. The number of rotatable bonds is 5. The Morgan fingerprint density at radius 3 is 2.64 bits per heavy atom. The fourth-order valence-electron chi connectivity index (χ4n) is 2.99. The van der Waals surface area contributed by atoms with Crippen LogP contribution in [0, 0.1) is 6.92 Å². The van der Waals surface area contributed by atoms with Gasteiger partial charge in [-0.1, -0.05) is 37.8 Å². The molecule has 0 aromatic heterocycles. The van der Waals surface area contributed by atoms with Crippen molar-refractivity contribution in [2.75, 3.05) is 11.1 Å². The quantitative estimate of drug-likeness (QED) is 0.777. The maximum Gasteiger partial charge on any atom is 0.0384 e. The van der Waals surface area contributed by atoms with Gasteiger partial charge in [0.2, 0.25) is 0 Å². The van der Waals surface area contributed by atoms with Crippen LogP contribution >= 0.6 is 0 Å². The molecule has 2 aromatic rings. The van der Waals surface area contributed by atoms with Crippen LogP contribution in [0.3, 0.4) is 0 Å². The highest BCUT2D eigenvalue weighted by Crippen LogP contribution is 2.53. The van der Waals surface area contributed by atoms with Crippen LogP contribution in [0.1, 0.15) is 36.5 Å². The number of nitrogens with two attached hydrogens (primary N) is 1. The van der Waals surface area contributed by atoms with E-state index >= 15 is 0 Å². The Balaban J connectivity index is 1.83. The number of anilines is 2. The van der Waals surface area contributed by atoms with Gasteiger partial charge in [-0.05, 0) is 61.1 Å². The van der Waals surface area contributed by atoms with Crippen molar-refractivity contribution < 1.29 is 0 Å². The van der Waals surface area contributed by atoms with E-state index in [9.17, 15) is 0 Å². The highest BCUT2D eigenvalue weighted by Gasteiger charge is 2.47. The average molecular weight is 292 g/mol. The molecule has 0 atom stereocenters. The van der Waals surface area contributed by atoms with Gasteiger partial charge in [-0.25, -0.2) is 0 Å². The molecule has 0 saturated heterocycles. The van der Waals surface area contributed by atoms with Crippen molar-refractivity contribution in [2.24, 2.45) is 0 Å². The summed E-state index contributed by atoms with van der Waals surface area (Å²) >= 11 is 0. The smallest absolute Gasteiger partial charge is 0.0384 e. The summed E-state index contributed by atoms with van der Waals surface area (Å²) in [5, 5.41) is 3.52. The molecular formula is C20H24N2. The molecule has 0 spiro atoms. The summed E-state index contributed by atoms with van der Waals surface area (Å²) in [5.74, 6) is 0. The van der Waals surface area contributed by atoms with E-state index in [2.05, 4.69) is 61.3 Å². The van der Waals surface area contributed by atoms with Gasteiger partial charge in [-0.15, -0.1) is 0 Å². The van der Waals surface area contributed by atoms with Crippen molar-refractivity contribution in [3.63, 3.8) is 0 Å². The molecule has 2 aromatic carbocycles. The second-order valence-electron chi connectivity index (χ2n) is 6.31. The van der Waals surface area contributed by atoms with Gasteiger partial charge < -0.3 is 11.1 Å². The lowest BCUT2D eigenvalue weighted by Gasteiger charge is -2.22. The number of nitrogens with one attached hydrogen (secondary N) is 1. The van der Waals surface area contributed by atoms with Crippen LogP contribution in [-0.2, 0) is 11.8 Å². The van der Waals surface area contributed by atoms with E-state index in [1.165, 1.54) is 11.1 Å². The van der Waals surface area contributed by atoms with Gasteiger partial charge in [-0.2, -0.15) is 0 Å². The summed E-state index contributed by atoms with van der Waals surface area (Å²) in [4.78, 5) is 0. The Kier molecular flexibility index (Phi) is 3.69. The third-order valence-corrected chi connectivity index (χ3v) is 4.79. The minimum atomic E-state index is 0.0457. The summed E-state index contributed by atoms with van der Waals surface area (Å²) in [6.07, 6.45) is 3.31. The largest absolute Gasteiger partial charge is 0.399 e. The minimum Gasteiger partial charge on any atom is -0.399 e. The molecule has 2 heteroatoms. The minimum absolute atomic E-state index is 0.0457. The molecule has 114 valence electrons. The number of nitrogen functional groups attached to an aromatic ring is 1. The predicted molar refractivity (Wildman–Crippen MR) is 95.1 cm³/mol. The van der Waals surface area contributed by atoms with Gasteiger partial charge in [-0.3, -0.25) is 0 Å². The molecule has 3 N–H and O–H groups in total. The molecular weight excluding hydrogens is 268 g/mol. The molecule has 0 bridgehead atoms. The van der Waals surface area contributed by atoms with E-state index in [1.54, 1.807) is 0 Å². The summed E-state index contributed by atoms with van der Waals surface area (Å²) in [6, 6.07) is 15.0. The van der Waals surface area contributed by atoms with Crippen LogP contribution in [0.5, 0.6) is 0 Å². The maximum absolute atomic E-state index is 6.09. The standard InChI is InChI=1S/C20H24N2/c1-4-16-6-5-7-18(12-16)22-15(3)20(10-11-20)17-9-8-14(2)19(21)13-17/h5-9,12-13,22H,3-4,10-11,21H2,1-2H3. The molecule has 1 fully saturated rings. The van der Waals surface area contributed by atoms with Gasteiger partial charge in [0.05, 0.1) is 0 Å². The molecule has 1 aliphatic rings. The van der Waals surface area contributed by atoms with Crippen molar-refractivity contribution in [3.8, 4) is 0 Å². The monoisotopic (exact) mass is 292 g/mol. The summed E-state index contributed by atoms with van der Waals surface area (Å²) in [6.45, 7) is 8.53. The van der Waals surface area contributed by atoms with Crippen molar-refractivity contribution in [1.82, 2.24) is 0 Å². The molecule has 0 radical (unpaired) electrons. The van der Waals surface area contributed by atoms with Crippen LogP contribution in [0.2, 0.25) is 0 Å². The van der Waals surface area contributed by atoms with Gasteiger partial charge in [0, 0.05) is 22.5 Å². The Hall–Kier alpha value is -2.22. The third-order valence-electron chi connectivity index (χ3n) is 4.79.